The minimum absolute atomic E-state index is 0.0489. The number of aryl methyl sites for hydroxylation is 1. The van der Waals surface area contributed by atoms with Crippen LogP contribution >= 0.6 is 15.9 Å². The van der Waals surface area contributed by atoms with Crippen molar-refractivity contribution in [3.05, 3.63) is 45.9 Å². The first-order valence-corrected chi connectivity index (χ1v) is 6.09. The maximum atomic E-state index is 13.3. The Kier molecular flexibility index (Phi) is 3.47. The smallest absolute Gasteiger partial charge is 0.356 e. The van der Waals surface area contributed by atoms with Crippen molar-refractivity contribution in [1.82, 2.24) is 9.78 Å². The summed E-state index contributed by atoms with van der Waals surface area (Å²) in [6.45, 7) is 1.88. The van der Waals surface area contributed by atoms with Crippen LogP contribution < -0.4 is 0 Å². The van der Waals surface area contributed by atoms with E-state index in [0.29, 0.717) is 22.3 Å². The van der Waals surface area contributed by atoms with Gasteiger partial charge in [0, 0.05) is 10.2 Å². The highest BCUT2D eigenvalue weighted by Crippen LogP contribution is 2.20. The minimum atomic E-state index is -1.10. The number of hydrogen-bond donors (Lipinski definition) is 1. The maximum Gasteiger partial charge on any atom is 0.356 e. The molecular formula is C12H10BrFN2O2. The molecule has 4 nitrogen and oxygen atoms in total. The third kappa shape index (κ3) is 2.43. The highest BCUT2D eigenvalue weighted by atomic mass is 79.9. The van der Waals surface area contributed by atoms with E-state index in [0.717, 1.165) is 0 Å². The molecule has 6 heteroatoms. The number of carboxylic acid groups (broad SMARTS) is 1. The Balaban J connectivity index is 2.58. The lowest BCUT2D eigenvalue weighted by molar-refractivity contribution is 0.0690. The Morgan fingerprint density at radius 1 is 1.44 bits per heavy atom. The number of aromatic nitrogens is 2. The molecule has 0 saturated carbocycles. The van der Waals surface area contributed by atoms with Crippen LogP contribution in [0.5, 0.6) is 0 Å². The number of carbonyl (C=O) groups is 1. The molecule has 0 radical (unpaired) electrons. The molecule has 94 valence electrons. The molecular weight excluding hydrogens is 303 g/mol. The average molecular weight is 313 g/mol. The second kappa shape index (κ2) is 4.89. The molecule has 18 heavy (non-hydrogen) atoms. The van der Waals surface area contributed by atoms with Gasteiger partial charge in [-0.05, 0) is 30.7 Å². The second-order valence-electron chi connectivity index (χ2n) is 3.72. The van der Waals surface area contributed by atoms with E-state index in [4.69, 9.17) is 5.11 Å². The van der Waals surface area contributed by atoms with Gasteiger partial charge in [0.2, 0.25) is 0 Å². The van der Waals surface area contributed by atoms with Gasteiger partial charge in [0.25, 0.3) is 0 Å². The number of halogens is 2. The second-order valence-corrected chi connectivity index (χ2v) is 4.63. The van der Waals surface area contributed by atoms with Gasteiger partial charge in [-0.1, -0.05) is 22.9 Å². The van der Waals surface area contributed by atoms with Crippen molar-refractivity contribution in [2.45, 2.75) is 13.3 Å². The summed E-state index contributed by atoms with van der Waals surface area (Å²) < 4.78 is 15.3. The van der Waals surface area contributed by atoms with Crippen molar-refractivity contribution in [3.63, 3.8) is 0 Å². The standard InChI is InChI=1S/C12H10BrFN2O2/c1-2-9-6-11(12(17)18)15-16(9)10-4-7(13)3-8(14)5-10/h3-6H,2H2,1H3,(H,17,18). The molecule has 1 heterocycles. The molecule has 0 aliphatic carbocycles. The van der Waals surface area contributed by atoms with Gasteiger partial charge in [-0.2, -0.15) is 5.10 Å². The van der Waals surface area contributed by atoms with E-state index in [1.807, 2.05) is 6.92 Å². The van der Waals surface area contributed by atoms with Gasteiger partial charge in [-0.25, -0.2) is 13.9 Å². The fourth-order valence-corrected chi connectivity index (χ4v) is 2.11. The van der Waals surface area contributed by atoms with Crippen LogP contribution in [0.2, 0.25) is 0 Å². The summed E-state index contributed by atoms with van der Waals surface area (Å²) in [5, 5.41) is 12.9. The van der Waals surface area contributed by atoms with E-state index < -0.39 is 11.8 Å². The van der Waals surface area contributed by atoms with E-state index in [-0.39, 0.29) is 5.69 Å². The lowest BCUT2D eigenvalue weighted by Crippen LogP contribution is -2.03. The number of rotatable bonds is 3. The predicted molar refractivity (Wildman–Crippen MR) is 67.6 cm³/mol. The SMILES string of the molecule is CCc1cc(C(=O)O)nn1-c1cc(F)cc(Br)c1. The van der Waals surface area contributed by atoms with E-state index >= 15 is 0 Å². The first kappa shape index (κ1) is 12.8. The van der Waals surface area contributed by atoms with Crippen LogP contribution in [0.1, 0.15) is 23.1 Å². The average Bonchev–Trinajstić information content (AvgIpc) is 2.71. The molecule has 0 aliphatic rings. The van der Waals surface area contributed by atoms with E-state index in [1.165, 1.54) is 22.9 Å². The molecule has 0 spiro atoms. The lowest BCUT2D eigenvalue weighted by atomic mass is 10.2. The number of benzene rings is 1. The van der Waals surface area contributed by atoms with Crippen LogP contribution in [0, 0.1) is 5.82 Å². The van der Waals surface area contributed by atoms with Crippen molar-refractivity contribution in [2.75, 3.05) is 0 Å². The zero-order chi connectivity index (χ0) is 13.3. The van der Waals surface area contributed by atoms with Gasteiger partial charge in [0.15, 0.2) is 5.69 Å². The van der Waals surface area contributed by atoms with Gasteiger partial charge in [-0.15, -0.1) is 0 Å². The summed E-state index contributed by atoms with van der Waals surface area (Å²) in [7, 11) is 0. The summed E-state index contributed by atoms with van der Waals surface area (Å²) in [6.07, 6.45) is 0.606. The summed E-state index contributed by atoms with van der Waals surface area (Å²) in [4.78, 5) is 10.9. The minimum Gasteiger partial charge on any atom is -0.476 e. The van der Waals surface area contributed by atoms with Crippen LogP contribution in [0.3, 0.4) is 0 Å². The Labute approximate surface area is 111 Å². The summed E-state index contributed by atoms with van der Waals surface area (Å²) in [5.74, 6) is -1.51. The largest absolute Gasteiger partial charge is 0.476 e. The van der Waals surface area contributed by atoms with Crippen LogP contribution in [-0.2, 0) is 6.42 Å². The molecule has 0 bridgehead atoms. The molecule has 0 fully saturated rings. The zero-order valence-electron chi connectivity index (χ0n) is 9.52. The van der Waals surface area contributed by atoms with Crippen LogP contribution in [0.25, 0.3) is 5.69 Å². The highest BCUT2D eigenvalue weighted by Gasteiger charge is 2.14. The predicted octanol–water partition coefficient (Wildman–Crippen LogP) is 3.03. The molecule has 0 unspecified atom stereocenters. The maximum absolute atomic E-state index is 13.3. The zero-order valence-corrected chi connectivity index (χ0v) is 11.1. The molecule has 2 rings (SSSR count). The highest BCUT2D eigenvalue weighted by molar-refractivity contribution is 9.10. The number of aromatic carboxylic acids is 1. The van der Waals surface area contributed by atoms with Crippen LogP contribution in [0.4, 0.5) is 4.39 Å². The molecule has 1 aromatic heterocycles. The van der Waals surface area contributed by atoms with Gasteiger partial charge in [0.05, 0.1) is 5.69 Å². The van der Waals surface area contributed by atoms with E-state index in [9.17, 15) is 9.18 Å². The third-order valence-corrected chi connectivity index (χ3v) is 2.91. The Bertz CT molecular complexity index is 590. The van der Waals surface area contributed by atoms with Gasteiger partial charge < -0.3 is 5.11 Å². The van der Waals surface area contributed by atoms with Crippen LogP contribution in [-0.4, -0.2) is 20.9 Å². The summed E-state index contributed by atoms with van der Waals surface area (Å²) in [5.41, 5.74) is 1.16. The fraction of sp³-hybridized carbons (Fsp3) is 0.167. The van der Waals surface area contributed by atoms with Crippen LogP contribution in [0.15, 0.2) is 28.7 Å². The topological polar surface area (TPSA) is 55.1 Å². The fourth-order valence-electron chi connectivity index (χ4n) is 1.66. The summed E-state index contributed by atoms with van der Waals surface area (Å²) >= 11 is 3.20. The Hall–Kier alpha value is -1.69. The molecule has 1 N–H and O–H groups in total. The van der Waals surface area contributed by atoms with Gasteiger partial charge >= 0.3 is 5.97 Å². The quantitative estimate of drug-likeness (QED) is 0.947. The van der Waals surface area contributed by atoms with Crippen molar-refractivity contribution >= 4 is 21.9 Å². The summed E-state index contributed by atoms with van der Waals surface area (Å²) in [6, 6.07) is 5.81. The third-order valence-electron chi connectivity index (χ3n) is 2.46. The van der Waals surface area contributed by atoms with Gasteiger partial charge in [-0.3, -0.25) is 0 Å². The van der Waals surface area contributed by atoms with Crippen molar-refractivity contribution in [3.8, 4) is 5.69 Å². The molecule has 0 saturated heterocycles. The van der Waals surface area contributed by atoms with Crippen molar-refractivity contribution < 1.29 is 14.3 Å². The number of nitrogens with zero attached hydrogens (tertiary/aromatic N) is 2. The number of hydrogen-bond acceptors (Lipinski definition) is 2. The van der Waals surface area contributed by atoms with E-state index in [1.54, 1.807) is 6.07 Å². The van der Waals surface area contributed by atoms with E-state index in [2.05, 4.69) is 21.0 Å². The van der Waals surface area contributed by atoms with Crippen molar-refractivity contribution in [1.29, 1.82) is 0 Å². The van der Waals surface area contributed by atoms with Crippen molar-refractivity contribution in [2.24, 2.45) is 0 Å². The molecule has 0 aliphatic heterocycles. The molecule has 2 aromatic rings. The normalized spacial score (nSPS) is 10.6. The Morgan fingerprint density at radius 3 is 2.72 bits per heavy atom. The van der Waals surface area contributed by atoms with Gasteiger partial charge in [0.1, 0.15) is 5.82 Å². The number of carboxylic acids is 1. The molecule has 0 atom stereocenters. The first-order valence-electron chi connectivity index (χ1n) is 5.30. The molecule has 1 aromatic carbocycles. The lowest BCUT2D eigenvalue weighted by Gasteiger charge is -2.06. The first-order chi connectivity index (χ1) is 8.51. The Morgan fingerprint density at radius 2 is 2.17 bits per heavy atom. The monoisotopic (exact) mass is 312 g/mol. The molecule has 0 amide bonds.